The number of carbonyl (C=O) groups excluding carboxylic acids is 2. The summed E-state index contributed by atoms with van der Waals surface area (Å²) >= 11 is 1.49. The zero-order valence-corrected chi connectivity index (χ0v) is 17.6. The average molecular weight is 414 g/mol. The Kier molecular flexibility index (Phi) is 6.13. The van der Waals surface area contributed by atoms with Crippen LogP contribution < -0.4 is 0 Å². The van der Waals surface area contributed by atoms with E-state index in [1.807, 2.05) is 40.1 Å². The molecule has 2 saturated heterocycles. The summed E-state index contributed by atoms with van der Waals surface area (Å²) in [5.41, 5.74) is 0.890. The Morgan fingerprint density at radius 2 is 2.07 bits per heavy atom. The lowest BCUT2D eigenvalue weighted by Crippen LogP contribution is -2.49. The number of rotatable bonds is 6. The van der Waals surface area contributed by atoms with Crippen LogP contribution in [0.2, 0.25) is 0 Å². The molecule has 0 N–H and O–H groups in total. The second-order valence-corrected chi connectivity index (χ2v) is 8.77. The molecule has 6 nitrogen and oxygen atoms in total. The van der Waals surface area contributed by atoms with Crippen LogP contribution in [-0.2, 0) is 4.74 Å². The summed E-state index contributed by atoms with van der Waals surface area (Å²) in [5.74, 6) is 0.0714. The Balaban J connectivity index is 1.36. The molecule has 0 saturated carbocycles. The summed E-state index contributed by atoms with van der Waals surface area (Å²) in [6.45, 7) is 4.01. The maximum atomic E-state index is 13.0. The second-order valence-electron chi connectivity index (χ2n) is 7.68. The number of unbranched alkanes of at least 4 members (excludes halogenated alkanes) is 1. The van der Waals surface area contributed by atoms with Crippen molar-refractivity contribution in [3.05, 3.63) is 41.4 Å². The van der Waals surface area contributed by atoms with Gasteiger partial charge in [0.15, 0.2) is 0 Å². The van der Waals surface area contributed by atoms with Gasteiger partial charge in [-0.05, 0) is 43.5 Å². The van der Waals surface area contributed by atoms with E-state index in [0.717, 1.165) is 47.6 Å². The number of piperidine rings is 1. The van der Waals surface area contributed by atoms with E-state index in [4.69, 9.17) is 4.74 Å². The number of carbonyl (C=O) groups is 2. The highest BCUT2D eigenvalue weighted by Crippen LogP contribution is 2.30. The van der Waals surface area contributed by atoms with E-state index in [0.29, 0.717) is 19.7 Å². The predicted molar refractivity (Wildman–Crippen MR) is 113 cm³/mol. The largest absolute Gasteiger partial charge is 0.447 e. The minimum atomic E-state index is -0.186. The normalized spacial score (nSPS) is 20.2. The summed E-state index contributed by atoms with van der Waals surface area (Å²) in [5, 5.41) is 0. The summed E-state index contributed by atoms with van der Waals surface area (Å²) < 4.78 is 5.32. The van der Waals surface area contributed by atoms with Crippen molar-refractivity contribution in [3.63, 3.8) is 0 Å². The van der Waals surface area contributed by atoms with Gasteiger partial charge in [0, 0.05) is 25.3 Å². The van der Waals surface area contributed by atoms with Crippen molar-refractivity contribution in [1.29, 1.82) is 0 Å². The van der Waals surface area contributed by atoms with Gasteiger partial charge in [-0.15, -0.1) is 11.3 Å². The first-order valence-electron chi connectivity index (χ1n) is 10.4. The minimum absolute atomic E-state index is 0.0714. The number of likely N-dealkylation sites (tertiary alicyclic amines) is 1. The lowest BCUT2D eigenvalue weighted by Gasteiger charge is -2.37. The maximum Gasteiger partial charge on any atom is 0.410 e. The van der Waals surface area contributed by atoms with Crippen LogP contribution in [0.4, 0.5) is 4.79 Å². The fourth-order valence-electron chi connectivity index (χ4n) is 4.18. The molecule has 154 valence electrons. The van der Waals surface area contributed by atoms with Crippen molar-refractivity contribution in [2.24, 2.45) is 0 Å². The zero-order chi connectivity index (χ0) is 20.2. The number of amides is 2. The Morgan fingerprint density at radius 3 is 2.79 bits per heavy atom. The summed E-state index contributed by atoms with van der Waals surface area (Å²) in [6, 6.07) is 10.0. The molecule has 1 atom stereocenters. The molecule has 2 fully saturated rings. The number of nitrogens with zero attached hydrogens (tertiary/aromatic N) is 3. The molecule has 2 aromatic heterocycles. The van der Waals surface area contributed by atoms with Crippen molar-refractivity contribution in [3.8, 4) is 10.6 Å². The lowest BCUT2D eigenvalue weighted by atomic mass is 10.00. The molecule has 7 heteroatoms. The zero-order valence-electron chi connectivity index (χ0n) is 16.8. The van der Waals surface area contributed by atoms with E-state index in [2.05, 4.69) is 11.9 Å². The van der Waals surface area contributed by atoms with Gasteiger partial charge in [0.1, 0.15) is 6.61 Å². The van der Waals surface area contributed by atoms with E-state index in [-0.39, 0.29) is 24.1 Å². The second kappa shape index (κ2) is 8.95. The predicted octanol–water partition coefficient (Wildman–Crippen LogP) is 4.43. The molecule has 29 heavy (non-hydrogen) atoms. The Morgan fingerprint density at radius 1 is 1.24 bits per heavy atom. The third-order valence-corrected chi connectivity index (χ3v) is 6.87. The highest BCUT2D eigenvalue weighted by Gasteiger charge is 2.39. The molecule has 0 aliphatic carbocycles. The van der Waals surface area contributed by atoms with Gasteiger partial charge in [0.25, 0.3) is 5.91 Å². The number of thiophene rings is 1. The standard InChI is InChI=1S/C22H27N3O3S/c1-2-3-6-17-15-28-22(27)25(17)16-10-13-24(14-11-16)21(26)20-9-8-19(29-20)18-7-4-5-12-23-18/h4-5,7-9,12,16-17H,2-3,6,10-11,13-15H2,1H3. The van der Waals surface area contributed by atoms with Gasteiger partial charge in [-0.1, -0.05) is 25.8 Å². The van der Waals surface area contributed by atoms with Crippen LogP contribution in [0.15, 0.2) is 36.5 Å². The number of aromatic nitrogens is 1. The number of hydrogen-bond donors (Lipinski definition) is 0. The molecule has 0 aromatic carbocycles. The van der Waals surface area contributed by atoms with Gasteiger partial charge in [-0.25, -0.2) is 4.79 Å². The first kappa shape index (κ1) is 19.9. The van der Waals surface area contributed by atoms with Crippen molar-refractivity contribution in [1.82, 2.24) is 14.8 Å². The summed E-state index contributed by atoms with van der Waals surface area (Å²) in [7, 11) is 0. The molecule has 4 heterocycles. The van der Waals surface area contributed by atoms with Crippen LogP contribution in [-0.4, -0.2) is 58.6 Å². The fourth-order valence-corrected chi connectivity index (χ4v) is 5.13. The smallest absolute Gasteiger partial charge is 0.410 e. The number of pyridine rings is 1. The Hall–Kier alpha value is -2.41. The molecular formula is C22H27N3O3S. The molecule has 2 amide bonds. The van der Waals surface area contributed by atoms with Crippen LogP contribution in [0.3, 0.4) is 0 Å². The van der Waals surface area contributed by atoms with Gasteiger partial charge >= 0.3 is 6.09 Å². The number of ether oxygens (including phenoxy) is 1. The number of cyclic esters (lactones) is 1. The van der Waals surface area contributed by atoms with Gasteiger partial charge in [-0.2, -0.15) is 0 Å². The van der Waals surface area contributed by atoms with Gasteiger partial charge < -0.3 is 9.64 Å². The van der Waals surface area contributed by atoms with E-state index in [1.165, 1.54) is 11.3 Å². The molecule has 2 aromatic rings. The molecule has 4 rings (SSSR count). The summed E-state index contributed by atoms with van der Waals surface area (Å²) in [6.07, 6.45) is 6.41. The SMILES string of the molecule is CCCCC1COC(=O)N1C1CCN(C(=O)c2ccc(-c3ccccn3)s2)CC1. The fraction of sp³-hybridized carbons (Fsp3) is 0.500. The first-order chi connectivity index (χ1) is 14.2. The van der Waals surface area contributed by atoms with Gasteiger partial charge in [-0.3, -0.25) is 14.7 Å². The monoisotopic (exact) mass is 413 g/mol. The van der Waals surface area contributed by atoms with E-state index in [9.17, 15) is 9.59 Å². The van der Waals surface area contributed by atoms with Crippen molar-refractivity contribution in [2.45, 2.75) is 51.1 Å². The summed E-state index contributed by atoms with van der Waals surface area (Å²) in [4.78, 5) is 35.2. The average Bonchev–Trinajstić information content (AvgIpc) is 3.40. The molecule has 2 aliphatic heterocycles. The van der Waals surface area contributed by atoms with Crippen molar-refractivity contribution in [2.75, 3.05) is 19.7 Å². The van der Waals surface area contributed by atoms with Crippen LogP contribution in [0.1, 0.15) is 48.7 Å². The first-order valence-corrected chi connectivity index (χ1v) is 11.2. The molecule has 2 aliphatic rings. The van der Waals surface area contributed by atoms with Gasteiger partial charge in [0.05, 0.1) is 21.5 Å². The Bertz CT molecular complexity index is 846. The van der Waals surface area contributed by atoms with Crippen LogP contribution in [0.25, 0.3) is 10.6 Å². The molecular weight excluding hydrogens is 386 g/mol. The topological polar surface area (TPSA) is 62.7 Å². The Labute approximate surface area is 175 Å². The quantitative estimate of drug-likeness (QED) is 0.703. The number of hydrogen-bond acceptors (Lipinski definition) is 5. The highest BCUT2D eigenvalue weighted by molar-refractivity contribution is 7.17. The third-order valence-electron chi connectivity index (χ3n) is 5.77. The van der Waals surface area contributed by atoms with Crippen LogP contribution in [0, 0.1) is 0 Å². The molecule has 0 bridgehead atoms. The maximum absolute atomic E-state index is 13.0. The van der Waals surface area contributed by atoms with Gasteiger partial charge in [0.2, 0.25) is 0 Å². The third kappa shape index (κ3) is 4.29. The van der Waals surface area contributed by atoms with E-state index in [1.54, 1.807) is 6.20 Å². The van der Waals surface area contributed by atoms with Crippen molar-refractivity contribution < 1.29 is 14.3 Å². The van der Waals surface area contributed by atoms with Crippen LogP contribution in [0.5, 0.6) is 0 Å². The molecule has 1 unspecified atom stereocenters. The molecule has 0 spiro atoms. The van der Waals surface area contributed by atoms with E-state index >= 15 is 0 Å². The van der Waals surface area contributed by atoms with Crippen LogP contribution >= 0.6 is 11.3 Å². The molecule has 0 radical (unpaired) electrons. The highest BCUT2D eigenvalue weighted by atomic mass is 32.1. The lowest BCUT2D eigenvalue weighted by molar-refractivity contribution is 0.0638. The minimum Gasteiger partial charge on any atom is -0.447 e. The van der Waals surface area contributed by atoms with Crippen molar-refractivity contribution >= 4 is 23.3 Å². The van der Waals surface area contributed by atoms with E-state index < -0.39 is 0 Å².